The van der Waals surface area contributed by atoms with Gasteiger partial charge in [0, 0.05) is 23.5 Å². The molecule has 0 saturated heterocycles. The maximum absolute atomic E-state index is 11.8. The second-order valence-corrected chi connectivity index (χ2v) is 10.6. The van der Waals surface area contributed by atoms with E-state index in [1.807, 2.05) is 6.07 Å². The Morgan fingerprint density at radius 2 is 2.15 bits per heavy atom. The molecule has 1 spiro atoms. The van der Waals surface area contributed by atoms with Gasteiger partial charge in [0.15, 0.2) is 0 Å². The first-order valence-corrected chi connectivity index (χ1v) is 12.6. The molecule has 0 bridgehead atoms. The summed E-state index contributed by atoms with van der Waals surface area (Å²) in [6.07, 6.45) is 7.15. The standard InChI is InChI=1S/C28H32ClNO4/c1-2-4-25(31)22-9-6-20(22)15-30-16-28(12-3-5-18-13-21(29)8-10-23(18)28)17-34-26-11-7-19(27(32)33)14-24(26)30/h2,7-8,10-11,13-14,20,22,25,31H,1,3-6,9,12,15-17H2,(H,32,33)/t20-,22+,25-,28-/m0/s1. The van der Waals surface area contributed by atoms with Crippen molar-refractivity contribution >= 4 is 23.3 Å². The topological polar surface area (TPSA) is 70.0 Å². The van der Waals surface area contributed by atoms with E-state index in [0.29, 0.717) is 18.9 Å². The molecule has 5 nitrogen and oxygen atoms in total. The normalized spacial score (nSPS) is 26.5. The van der Waals surface area contributed by atoms with E-state index in [-0.39, 0.29) is 23.0 Å². The average Bonchev–Trinajstić information content (AvgIpc) is 2.94. The van der Waals surface area contributed by atoms with Crippen molar-refractivity contribution in [2.75, 3.05) is 24.6 Å². The van der Waals surface area contributed by atoms with Crippen LogP contribution in [0.3, 0.4) is 0 Å². The lowest BCUT2D eigenvalue weighted by atomic mass is 9.68. The maximum Gasteiger partial charge on any atom is 0.335 e. The van der Waals surface area contributed by atoms with E-state index in [1.54, 1.807) is 24.3 Å². The molecule has 2 N–H and O–H groups in total. The van der Waals surface area contributed by atoms with Gasteiger partial charge in [0.05, 0.1) is 24.0 Å². The number of aliphatic hydroxyl groups is 1. The van der Waals surface area contributed by atoms with E-state index in [9.17, 15) is 15.0 Å². The molecule has 1 aliphatic heterocycles. The second-order valence-electron chi connectivity index (χ2n) is 10.2. The van der Waals surface area contributed by atoms with E-state index in [4.69, 9.17) is 16.3 Å². The van der Waals surface area contributed by atoms with Crippen molar-refractivity contribution in [2.45, 2.75) is 50.0 Å². The minimum atomic E-state index is -0.942. The Kier molecular flexibility index (Phi) is 6.34. The van der Waals surface area contributed by atoms with Gasteiger partial charge in [0.2, 0.25) is 0 Å². The number of hydrogen-bond acceptors (Lipinski definition) is 4. The quantitative estimate of drug-likeness (QED) is 0.535. The van der Waals surface area contributed by atoms with Gasteiger partial charge < -0.3 is 19.8 Å². The number of nitrogens with zero attached hydrogens (tertiary/aromatic N) is 1. The predicted molar refractivity (Wildman–Crippen MR) is 134 cm³/mol. The molecule has 0 aromatic heterocycles. The van der Waals surface area contributed by atoms with Gasteiger partial charge >= 0.3 is 5.97 Å². The first-order chi connectivity index (χ1) is 16.4. The van der Waals surface area contributed by atoms with E-state index in [1.165, 1.54) is 11.1 Å². The fraction of sp³-hybridized carbons (Fsp3) is 0.464. The van der Waals surface area contributed by atoms with Gasteiger partial charge in [-0.1, -0.05) is 23.7 Å². The molecule has 2 aromatic rings. The Morgan fingerprint density at radius 3 is 2.88 bits per heavy atom. The zero-order chi connectivity index (χ0) is 23.9. The third-order valence-electron chi connectivity index (χ3n) is 8.12. The van der Waals surface area contributed by atoms with Gasteiger partial charge in [-0.05, 0) is 91.8 Å². The van der Waals surface area contributed by atoms with Crippen LogP contribution < -0.4 is 9.64 Å². The lowest BCUT2D eigenvalue weighted by molar-refractivity contribution is 0.0178. The van der Waals surface area contributed by atoms with Crippen LogP contribution in [0, 0.1) is 11.8 Å². The molecule has 34 heavy (non-hydrogen) atoms. The number of ether oxygens (including phenoxy) is 1. The van der Waals surface area contributed by atoms with Gasteiger partial charge in [-0.15, -0.1) is 6.58 Å². The Hall–Kier alpha value is -2.50. The van der Waals surface area contributed by atoms with Crippen LogP contribution in [0.15, 0.2) is 49.1 Å². The lowest BCUT2D eigenvalue weighted by Gasteiger charge is -2.45. The van der Waals surface area contributed by atoms with Gasteiger partial charge in [-0.2, -0.15) is 0 Å². The van der Waals surface area contributed by atoms with Gasteiger partial charge in [0.25, 0.3) is 0 Å². The summed E-state index contributed by atoms with van der Waals surface area (Å²) < 4.78 is 6.41. The molecule has 1 saturated carbocycles. The zero-order valence-electron chi connectivity index (χ0n) is 19.4. The summed E-state index contributed by atoms with van der Waals surface area (Å²) in [6.45, 7) is 5.84. The highest BCUT2D eigenvalue weighted by Gasteiger charge is 2.44. The predicted octanol–water partition coefficient (Wildman–Crippen LogP) is 5.47. The molecular weight excluding hydrogens is 450 g/mol. The summed E-state index contributed by atoms with van der Waals surface area (Å²) in [4.78, 5) is 14.1. The van der Waals surface area contributed by atoms with Crippen LogP contribution in [-0.4, -0.2) is 42.0 Å². The highest BCUT2D eigenvalue weighted by Crippen LogP contribution is 2.46. The maximum atomic E-state index is 11.8. The first-order valence-electron chi connectivity index (χ1n) is 12.2. The summed E-state index contributed by atoms with van der Waals surface area (Å²) in [7, 11) is 0. The van der Waals surface area contributed by atoms with E-state index < -0.39 is 5.97 Å². The zero-order valence-corrected chi connectivity index (χ0v) is 20.1. The monoisotopic (exact) mass is 481 g/mol. The summed E-state index contributed by atoms with van der Waals surface area (Å²) in [5.74, 6) is 0.370. The molecule has 4 atom stereocenters. The number of anilines is 1. The Labute approximate surface area is 206 Å². The Bertz CT molecular complexity index is 1100. The minimum Gasteiger partial charge on any atom is -0.490 e. The number of halogens is 1. The fourth-order valence-electron chi connectivity index (χ4n) is 6.20. The minimum absolute atomic E-state index is 0.195. The summed E-state index contributed by atoms with van der Waals surface area (Å²) in [6, 6.07) is 11.3. The Morgan fingerprint density at radius 1 is 1.29 bits per heavy atom. The number of benzene rings is 2. The van der Waals surface area contributed by atoms with Crippen LogP contribution in [0.25, 0.3) is 0 Å². The number of carboxylic acids is 1. The van der Waals surface area contributed by atoms with E-state index in [2.05, 4.69) is 23.6 Å². The number of carbonyl (C=O) groups is 1. The first kappa shape index (κ1) is 23.3. The van der Waals surface area contributed by atoms with Crippen molar-refractivity contribution in [3.63, 3.8) is 0 Å². The van der Waals surface area contributed by atoms with Crippen molar-refractivity contribution in [3.05, 3.63) is 70.8 Å². The number of fused-ring (bicyclic) bond motifs is 3. The molecule has 180 valence electrons. The number of carboxylic acid groups (broad SMARTS) is 1. The molecule has 2 aromatic carbocycles. The summed E-state index contributed by atoms with van der Waals surface area (Å²) in [5.41, 5.74) is 3.47. The largest absolute Gasteiger partial charge is 0.490 e. The molecule has 0 unspecified atom stereocenters. The highest BCUT2D eigenvalue weighted by atomic mass is 35.5. The molecule has 6 heteroatoms. The van der Waals surface area contributed by atoms with E-state index >= 15 is 0 Å². The van der Waals surface area contributed by atoms with Crippen molar-refractivity contribution in [1.82, 2.24) is 0 Å². The third-order valence-corrected chi connectivity index (χ3v) is 8.35. The average molecular weight is 482 g/mol. The molecular formula is C28H32ClNO4. The number of hydrogen-bond donors (Lipinski definition) is 2. The molecule has 0 amide bonds. The van der Waals surface area contributed by atoms with Crippen LogP contribution >= 0.6 is 11.6 Å². The van der Waals surface area contributed by atoms with Crippen LogP contribution in [-0.2, 0) is 11.8 Å². The Balaban J connectivity index is 1.52. The van der Waals surface area contributed by atoms with Crippen molar-refractivity contribution < 1.29 is 19.7 Å². The van der Waals surface area contributed by atoms with Gasteiger partial charge in [0.1, 0.15) is 5.75 Å². The summed E-state index contributed by atoms with van der Waals surface area (Å²) in [5, 5.41) is 21.0. The SMILES string of the molecule is C=CC[C@H](O)[C@@H]1CC[C@H]1CN1C[C@@]2(CCCc3cc(Cl)ccc32)COc2ccc(C(=O)O)cc21. The van der Waals surface area contributed by atoms with Gasteiger partial charge in [-0.3, -0.25) is 0 Å². The number of aliphatic hydroxyl groups excluding tert-OH is 1. The fourth-order valence-corrected chi connectivity index (χ4v) is 6.40. The van der Waals surface area contributed by atoms with Crippen molar-refractivity contribution in [1.29, 1.82) is 0 Å². The van der Waals surface area contributed by atoms with Crippen LogP contribution in [0.4, 0.5) is 5.69 Å². The lowest BCUT2D eigenvalue weighted by Crippen LogP contribution is -2.49. The molecule has 3 aliphatic rings. The molecule has 1 heterocycles. The number of rotatable bonds is 6. The van der Waals surface area contributed by atoms with Crippen molar-refractivity contribution in [2.24, 2.45) is 11.8 Å². The second kappa shape index (κ2) is 9.27. The van der Waals surface area contributed by atoms with Gasteiger partial charge in [-0.25, -0.2) is 4.79 Å². The number of aromatic carboxylic acids is 1. The van der Waals surface area contributed by atoms with Crippen LogP contribution in [0.1, 0.15) is 53.6 Å². The molecule has 0 radical (unpaired) electrons. The smallest absolute Gasteiger partial charge is 0.335 e. The van der Waals surface area contributed by atoms with Crippen LogP contribution in [0.2, 0.25) is 5.02 Å². The third kappa shape index (κ3) is 4.20. The molecule has 1 fully saturated rings. The number of aryl methyl sites for hydroxylation is 1. The molecule has 2 aliphatic carbocycles. The molecule has 5 rings (SSSR count). The van der Waals surface area contributed by atoms with Crippen LogP contribution in [0.5, 0.6) is 5.75 Å². The summed E-state index contributed by atoms with van der Waals surface area (Å²) >= 11 is 6.32. The van der Waals surface area contributed by atoms with E-state index in [0.717, 1.165) is 61.7 Å². The highest BCUT2D eigenvalue weighted by molar-refractivity contribution is 6.30. The van der Waals surface area contributed by atoms with Crippen molar-refractivity contribution in [3.8, 4) is 5.75 Å².